The highest BCUT2D eigenvalue weighted by atomic mass is 16.7. The maximum atomic E-state index is 9.67. The molecule has 0 saturated carbocycles. The Labute approximate surface area is 101 Å². The van der Waals surface area contributed by atoms with Gasteiger partial charge >= 0.3 is 0 Å². The molecule has 0 aromatic heterocycles. The monoisotopic (exact) mass is 250 g/mol. The molecule has 6 heteroatoms. The minimum atomic E-state index is -1.37. The zero-order valence-electron chi connectivity index (χ0n) is 10.2. The number of aliphatic hydroxyl groups is 4. The van der Waals surface area contributed by atoms with Crippen LogP contribution in [-0.4, -0.2) is 64.3 Å². The van der Waals surface area contributed by atoms with E-state index in [9.17, 15) is 15.3 Å². The number of hydrogen-bond donors (Lipinski definition) is 4. The van der Waals surface area contributed by atoms with E-state index in [-0.39, 0.29) is 0 Å². The van der Waals surface area contributed by atoms with Crippen LogP contribution in [0, 0.1) is 5.92 Å². The molecule has 6 nitrogen and oxygen atoms in total. The third-order valence-corrected chi connectivity index (χ3v) is 3.09. The van der Waals surface area contributed by atoms with Crippen molar-refractivity contribution in [3.8, 4) is 0 Å². The molecule has 1 aliphatic rings. The molecular weight excluding hydrogens is 228 g/mol. The number of ether oxygens (including phenoxy) is 2. The molecule has 0 spiro atoms. The standard InChI is InChI=1S/C11H22O6/c1-3-6(2)5-16-11-10(15)9(14)8(13)7(4-12)17-11/h6-15H,3-5H2,1-2H3/t6?,7-,8-,9+,10-,11-/m1/s1. The average molecular weight is 250 g/mol. The van der Waals surface area contributed by atoms with Crippen molar-refractivity contribution in [1.29, 1.82) is 0 Å². The predicted molar refractivity (Wildman–Crippen MR) is 59.2 cm³/mol. The van der Waals surface area contributed by atoms with E-state index in [4.69, 9.17) is 14.6 Å². The van der Waals surface area contributed by atoms with Crippen LogP contribution in [0.2, 0.25) is 0 Å². The molecule has 1 unspecified atom stereocenters. The Balaban J connectivity index is 2.53. The van der Waals surface area contributed by atoms with Gasteiger partial charge in [-0.3, -0.25) is 0 Å². The maximum Gasteiger partial charge on any atom is 0.186 e. The summed E-state index contributed by atoms with van der Waals surface area (Å²) in [6.45, 7) is 3.96. The third kappa shape index (κ3) is 3.61. The first-order chi connectivity index (χ1) is 8.01. The van der Waals surface area contributed by atoms with Gasteiger partial charge in [-0.1, -0.05) is 20.3 Å². The van der Waals surface area contributed by atoms with E-state index in [1.807, 2.05) is 13.8 Å². The summed E-state index contributed by atoms with van der Waals surface area (Å²) < 4.78 is 10.5. The normalized spacial score (nSPS) is 40.2. The fourth-order valence-electron chi connectivity index (χ4n) is 1.58. The van der Waals surface area contributed by atoms with Crippen LogP contribution in [0.25, 0.3) is 0 Å². The quantitative estimate of drug-likeness (QED) is 0.492. The van der Waals surface area contributed by atoms with Gasteiger partial charge in [-0.15, -0.1) is 0 Å². The van der Waals surface area contributed by atoms with E-state index >= 15 is 0 Å². The first kappa shape index (κ1) is 14.8. The second kappa shape index (κ2) is 6.63. The fourth-order valence-corrected chi connectivity index (χ4v) is 1.58. The molecule has 102 valence electrons. The number of aliphatic hydroxyl groups excluding tert-OH is 4. The molecule has 1 fully saturated rings. The van der Waals surface area contributed by atoms with Crippen molar-refractivity contribution in [2.45, 2.75) is 51.0 Å². The van der Waals surface area contributed by atoms with Crippen LogP contribution in [0.4, 0.5) is 0 Å². The van der Waals surface area contributed by atoms with Gasteiger partial charge < -0.3 is 29.9 Å². The Bertz CT molecular complexity index is 222. The molecule has 6 atom stereocenters. The molecule has 0 radical (unpaired) electrons. The lowest BCUT2D eigenvalue weighted by Gasteiger charge is -2.39. The van der Waals surface area contributed by atoms with Crippen LogP contribution < -0.4 is 0 Å². The summed E-state index contributed by atoms with van der Waals surface area (Å²) in [7, 11) is 0. The van der Waals surface area contributed by atoms with Crippen LogP contribution in [0.15, 0.2) is 0 Å². The van der Waals surface area contributed by atoms with Crippen molar-refractivity contribution in [3.05, 3.63) is 0 Å². The largest absolute Gasteiger partial charge is 0.394 e. The van der Waals surface area contributed by atoms with Crippen molar-refractivity contribution in [2.75, 3.05) is 13.2 Å². The molecular formula is C11H22O6. The number of rotatable bonds is 5. The topological polar surface area (TPSA) is 99.4 Å². The van der Waals surface area contributed by atoms with Crippen molar-refractivity contribution < 1.29 is 29.9 Å². The molecule has 17 heavy (non-hydrogen) atoms. The first-order valence-corrected chi connectivity index (χ1v) is 5.93. The van der Waals surface area contributed by atoms with E-state index in [0.29, 0.717) is 12.5 Å². The molecule has 0 aromatic rings. The summed E-state index contributed by atoms with van der Waals surface area (Å²) in [6.07, 6.45) is -5.01. The summed E-state index contributed by atoms with van der Waals surface area (Å²) in [4.78, 5) is 0. The summed E-state index contributed by atoms with van der Waals surface area (Å²) in [5, 5.41) is 37.7. The highest BCUT2D eigenvalue weighted by Crippen LogP contribution is 2.22. The van der Waals surface area contributed by atoms with Crippen LogP contribution in [0.3, 0.4) is 0 Å². The van der Waals surface area contributed by atoms with E-state index < -0.39 is 37.3 Å². The number of hydrogen-bond acceptors (Lipinski definition) is 6. The smallest absolute Gasteiger partial charge is 0.186 e. The second-order valence-electron chi connectivity index (χ2n) is 4.54. The zero-order valence-corrected chi connectivity index (χ0v) is 10.2. The van der Waals surface area contributed by atoms with Crippen molar-refractivity contribution in [3.63, 3.8) is 0 Å². The molecule has 0 amide bonds. The predicted octanol–water partition coefficient (Wildman–Crippen LogP) is -1.15. The molecule has 1 saturated heterocycles. The molecule has 0 aromatic carbocycles. The Hall–Kier alpha value is -0.240. The van der Waals surface area contributed by atoms with E-state index in [1.165, 1.54) is 0 Å². The molecule has 1 heterocycles. The summed E-state index contributed by atoms with van der Waals surface area (Å²) in [5.74, 6) is 0.308. The average Bonchev–Trinajstić information content (AvgIpc) is 2.34. The van der Waals surface area contributed by atoms with Crippen LogP contribution in [0.1, 0.15) is 20.3 Å². The molecule has 4 N–H and O–H groups in total. The summed E-state index contributed by atoms with van der Waals surface area (Å²) in [6, 6.07) is 0. The Kier molecular flexibility index (Phi) is 5.78. The van der Waals surface area contributed by atoms with Gasteiger partial charge in [-0.05, 0) is 5.92 Å². The Morgan fingerprint density at radius 2 is 1.82 bits per heavy atom. The summed E-state index contributed by atoms with van der Waals surface area (Å²) >= 11 is 0. The molecule has 0 aliphatic carbocycles. The lowest BCUT2D eigenvalue weighted by molar-refractivity contribution is -0.303. The highest BCUT2D eigenvalue weighted by Gasteiger charge is 2.43. The Morgan fingerprint density at radius 1 is 1.18 bits per heavy atom. The molecule has 0 bridgehead atoms. The second-order valence-corrected chi connectivity index (χ2v) is 4.54. The van der Waals surface area contributed by atoms with Gasteiger partial charge in [0.2, 0.25) is 0 Å². The highest BCUT2D eigenvalue weighted by molar-refractivity contribution is 4.88. The van der Waals surface area contributed by atoms with Gasteiger partial charge in [0.25, 0.3) is 0 Å². The third-order valence-electron chi connectivity index (χ3n) is 3.09. The van der Waals surface area contributed by atoms with Gasteiger partial charge in [-0.2, -0.15) is 0 Å². The minimum Gasteiger partial charge on any atom is -0.394 e. The summed E-state index contributed by atoms with van der Waals surface area (Å²) in [5.41, 5.74) is 0. The van der Waals surface area contributed by atoms with Crippen molar-refractivity contribution in [2.24, 2.45) is 5.92 Å². The first-order valence-electron chi connectivity index (χ1n) is 5.93. The van der Waals surface area contributed by atoms with Gasteiger partial charge in [0, 0.05) is 0 Å². The van der Waals surface area contributed by atoms with Gasteiger partial charge in [0.1, 0.15) is 24.4 Å². The van der Waals surface area contributed by atoms with E-state index in [2.05, 4.69) is 0 Å². The van der Waals surface area contributed by atoms with Crippen LogP contribution >= 0.6 is 0 Å². The van der Waals surface area contributed by atoms with E-state index in [1.54, 1.807) is 0 Å². The van der Waals surface area contributed by atoms with Crippen molar-refractivity contribution in [1.82, 2.24) is 0 Å². The fraction of sp³-hybridized carbons (Fsp3) is 1.00. The van der Waals surface area contributed by atoms with Crippen molar-refractivity contribution >= 4 is 0 Å². The zero-order chi connectivity index (χ0) is 13.0. The van der Waals surface area contributed by atoms with E-state index in [0.717, 1.165) is 6.42 Å². The molecule has 1 aliphatic heterocycles. The molecule has 1 rings (SSSR count). The Morgan fingerprint density at radius 3 is 2.35 bits per heavy atom. The van der Waals surface area contributed by atoms with Gasteiger partial charge in [-0.25, -0.2) is 0 Å². The SMILES string of the molecule is CCC(C)CO[C@@H]1O[C@H](CO)[C@@H](O)[C@H](O)[C@H]1O. The van der Waals surface area contributed by atoms with Gasteiger partial charge in [0.15, 0.2) is 6.29 Å². The van der Waals surface area contributed by atoms with Crippen LogP contribution in [-0.2, 0) is 9.47 Å². The van der Waals surface area contributed by atoms with Gasteiger partial charge in [0.05, 0.1) is 13.2 Å². The maximum absolute atomic E-state index is 9.67. The lowest BCUT2D eigenvalue weighted by atomic mass is 9.99. The van der Waals surface area contributed by atoms with Crippen LogP contribution in [0.5, 0.6) is 0 Å². The lowest BCUT2D eigenvalue weighted by Crippen LogP contribution is -2.59. The minimum absolute atomic E-state index is 0.308.